The molecular formula is C20H22N2O2S. The summed E-state index contributed by atoms with van der Waals surface area (Å²) in [7, 11) is -3.58. The fourth-order valence-corrected chi connectivity index (χ4v) is 4.43. The van der Waals surface area contributed by atoms with Crippen LogP contribution in [0, 0.1) is 20.8 Å². The lowest BCUT2D eigenvalue weighted by molar-refractivity contribution is 0.603. The van der Waals surface area contributed by atoms with E-state index in [1.165, 1.54) is 0 Å². The maximum absolute atomic E-state index is 12.6. The fourth-order valence-electron chi connectivity index (χ4n) is 2.92. The zero-order valence-electron chi connectivity index (χ0n) is 14.9. The van der Waals surface area contributed by atoms with Crippen molar-refractivity contribution in [2.75, 3.05) is 0 Å². The van der Waals surface area contributed by atoms with Gasteiger partial charge in [-0.2, -0.15) is 0 Å². The lowest BCUT2D eigenvalue weighted by atomic mass is 10.0. The number of nitrogens with zero attached hydrogens (tertiary/aromatic N) is 1. The Bertz CT molecular complexity index is 1000. The van der Waals surface area contributed by atoms with Gasteiger partial charge in [-0.05, 0) is 55.5 Å². The molecule has 0 aromatic heterocycles. The maximum Gasteiger partial charge on any atom is 0.264 e. The second-order valence-electron chi connectivity index (χ2n) is 6.45. The quantitative estimate of drug-likeness (QED) is 0.909. The van der Waals surface area contributed by atoms with Crippen LogP contribution in [-0.4, -0.2) is 14.3 Å². The lowest BCUT2D eigenvalue weighted by Gasteiger charge is -2.06. The normalized spacial score (nSPS) is 17.8. The molecule has 0 aliphatic carbocycles. The second kappa shape index (κ2) is 6.48. The van der Waals surface area contributed by atoms with Crippen LogP contribution in [0.1, 0.15) is 34.7 Å². The summed E-state index contributed by atoms with van der Waals surface area (Å²) in [5, 5.41) is 0. The molecule has 5 heteroatoms. The number of hydrogen-bond acceptors (Lipinski definition) is 3. The van der Waals surface area contributed by atoms with Gasteiger partial charge in [0.25, 0.3) is 10.0 Å². The molecular weight excluding hydrogens is 332 g/mol. The van der Waals surface area contributed by atoms with Gasteiger partial charge in [0.05, 0.1) is 6.54 Å². The Morgan fingerprint density at radius 3 is 2.32 bits per heavy atom. The van der Waals surface area contributed by atoms with E-state index in [9.17, 15) is 8.42 Å². The number of hydrogen-bond donors (Lipinski definition) is 1. The molecule has 0 spiro atoms. The van der Waals surface area contributed by atoms with E-state index in [4.69, 9.17) is 0 Å². The summed E-state index contributed by atoms with van der Waals surface area (Å²) in [6.45, 7) is 8.27. The molecule has 1 N–H and O–H groups in total. The summed E-state index contributed by atoms with van der Waals surface area (Å²) in [4.78, 5) is 4.83. The predicted molar refractivity (Wildman–Crippen MR) is 103 cm³/mol. The van der Waals surface area contributed by atoms with E-state index in [2.05, 4.69) is 9.71 Å². The van der Waals surface area contributed by atoms with Crippen LogP contribution in [0.3, 0.4) is 0 Å². The van der Waals surface area contributed by atoms with Crippen LogP contribution in [-0.2, 0) is 16.6 Å². The monoisotopic (exact) mass is 354 g/mol. The Morgan fingerprint density at radius 2 is 1.64 bits per heavy atom. The number of sulfonamides is 1. The molecule has 2 aromatic rings. The van der Waals surface area contributed by atoms with Crippen LogP contribution < -0.4 is 4.72 Å². The van der Waals surface area contributed by atoms with Crippen LogP contribution in [0.2, 0.25) is 0 Å². The SMILES string of the molecule is CC1=C(c2ccc(C)c(C)c2)S(=O)(=O)NC1=NCc1ccccc1C. The predicted octanol–water partition coefficient (Wildman–Crippen LogP) is 3.87. The molecule has 25 heavy (non-hydrogen) atoms. The van der Waals surface area contributed by atoms with Crippen molar-refractivity contribution in [1.29, 1.82) is 0 Å². The molecule has 0 saturated heterocycles. The standard InChI is InChI=1S/C20H22N2O2S/c1-13-9-10-17(11-15(13)3)19-16(4)20(22-25(19,23)24)21-12-18-8-6-5-7-14(18)2/h5-11H,12H2,1-4H3,(H,21,22). The van der Waals surface area contributed by atoms with Crippen molar-refractivity contribution in [3.05, 3.63) is 75.9 Å². The first-order valence-electron chi connectivity index (χ1n) is 8.20. The van der Waals surface area contributed by atoms with Gasteiger partial charge >= 0.3 is 0 Å². The fraction of sp³-hybridized carbons (Fsp3) is 0.250. The Morgan fingerprint density at radius 1 is 0.920 bits per heavy atom. The molecule has 0 radical (unpaired) electrons. The van der Waals surface area contributed by atoms with Crippen LogP contribution in [0.4, 0.5) is 0 Å². The van der Waals surface area contributed by atoms with Gasteiger partial charge in [0.15, 0.2) is 0 Å². The minimum absolute atomic E-state index is 0.319. The van der Waals surface area contributed by atoms with Gasteiger partial charge in [0, 0.05) is 5.57 Å². The van der Waals surface area contributed by atoms with Gasteiger partial charge < -0.3 is 0 Å². The van der Waals surface area contributed by atoms with Crippen molar-refractivity contribution < 1.29 is 8.42 Å². The molecule has 1 aliphatic heterocycles. The minimum Gasteiger partial charge on any atom is -0.263 e. The highest BCUT2D eigenvalue weighted by Crippen LogP contribution is 2.31. The molecule has 0 bridgehead atoms. The first kappa shape index (κ1) is 17.4. The highest BCUT2D eigenvalue weighted by Gasteiger charge is 2.32. The van der Waals surface area contributed by atoms with E-state index in [0.717, 1.165) is 22.3 Å². The molecule has 3 rings (SSSR count). The molecule has 4 nitrogen and oxygen atoms in total. The van der Waals surface area contributed by atoms with Crippen molar-refractivity contribution in [1.82, 2.24) is 4.72 Å². The largest absolute Gasteiger partial charge is 0.264 e. The summed E-state index contributed by atoms with van der Waals surface area (Å²) in [5.41, 5.74) is 5.80. The third kappa shape index (κ3) is 3.37. The van der Waals surface area contributed by atoms with Crippen molar-refractivity contribution in [2.24, 2.45) is 4.99 Å². The number of rotatable bonds is 3. The van der Waals surface area contributed by atoms with Gasteiger partial charge in [0.1, 0.15) is 10.7 Å². The third-order valence-electron chi connectivity index (χ3n) is 4.63. The van der Waals surface area contributed by atoms with Crippen LogP contribution in [0.5, 0.6) is 0 Å². The van der Waals surface area contributed by atoms with Crippen molar-refractivity contribution in [3.8, 4) is 0 Å². The minimum atomic E-state index is -3.58. The molecule has 0 atom stereocenters. The Labute approximate surface area is 149 Å². The first-order chi connectivity index (χ1) is 11.8. The summed E-state index contributed by atoms with van der Waals surface area (Å²) < 4.78 is 27.8. The third-order valence-corrected chi connectivity index (χ3v) is 6.17. The second-order valence-corrected chi connectivity index (χ2v) is 8.07. The molecule has 0 fully saturated rings. The molecule has 1 heterocycles. The molecule has 1 aliphatic rings. The van der Waals surface area contributed by atoms with Gasteiger partial charge in [-0.1, -0.05) is 42.5 Å². The number of aryl methyl sites for hydroxylation is 3. The van der Waals surface area contributed by atoms with E-state index < -0.39 is 10.0 Å². The van der Waals surface area contributed by atoms with Gasteiger partial charge in [-0.15, -0.1) is 0 Å². The molecule has 0 saturated carbocycles. The number of benzene rings is 2. The summed E-state index contributed by atoms with van der Waals surface area (Å²) >= 11 is 0. The van der Waals surface area contributed by atoms with Crippen LogP contribution in [0.25, 0.3) is 4.91 Å². The lowest BCUT2D eigenvalue weighted by Crippen LogP contribution is -2.23. The zero-order chi connectivity index (χ0) is 18.2. The number of nitrogens with one attached hydrogen (secondary N) is 1. The van der Waals surface area contributed by atoms with Crippen LogP contribution in [0.15, 0.2) is 53.0 Å². The molecule has 130 valence electrons. The Hall–Kier alpha value is -2.40. The number of amidine groups is 1. The molecule has 0 amide bonds. The van der Waals surface area contributed by atoms with Crippen molar-refractivity contribution in [2.45, 2.75) is 34.2 Å². The van der Waals surface area contributed by atoms with E-state index in [1.807, 2.05) is 63.2 Å². The van der Waals surface area contributed by atoms with E-state index in [1.54, 1.807) is 6.92 Å². The highest BCUT2D eigenvalue weighted by atomic mass is 32.2. The Kier molecular flexibility index (Phi) is 4.52. The van der Waals surface area contributed by atoms with E-state index in [-0.39, 0.29) is 0 Å². The van der Waals surface area contributed by atoms with Gasteiger partial charge in [0.2, 0.25) is 0 Å². The first-order valence-corrected chi connectivity index (χ1v) is 9.68. The summed E-state index contributed by atoms with van der Waals surface area (Å²) in [6.07, 6.45) is 0. The van der Waals surface area contributed by atoms with Crippen LogP contribution >= 0.6 is 0 Å². The summed E-state index contributed by atoms with van der Waals surface area (Å²) in [6, 6.07) is 13.7. The van der Waals surface area contributed by atoms with Crippen molar-refractivity contribution >= 4 is 20.8 Å². The smallest absolute Gasteiger partial charge is 0.263 e. The Balaban J connectivity index is 2.01. The van der Waals surface area contributed by atoms with Gasteiger partial charge in [-0.25, -0.2) is 8.42 Å². The maximum atomic E-state index is 12.6. The highest BCUT2D eigenvalue weighted by molar-refractivity contribution is 8.00. The zero-order valence-corrected chi connectivity index (χ0v) is 15.7. The van der Waals surface area contributed by atoms with E-state index in [0.29, 0.717) is 28.4 Å². The summed E-state index contributed by atoms with van der Waals surface area (Å²) in [5.74, 6) is 0.427. The van der Waals surface area contributed by atoms with Crippen molar-refractivity contribution in [3.63, 3.8) is 0 Å². The topological polar surface area (TPSA) is 58.5 Å². The average molecular weight is 354 g/mol. The van der Waals surface area contributed by atoms with Gasteiger partial charge in [-0.3, -0.25) is 9.71 Å². The molecule has 0 unspecified atom stereocenters. The average Bonchev–Trinajstić information content (AvgIpc) is 2.78. The van der Waals surface area contributed by atoms with E-state index >= 15 is 0 Å². The number of aliphatic imine (C=N–C) groups is 1. The molecule has 2 aromatic carbocycles.